The molecular formula is C13H18N2OS. The van der Waals surface area contributed by atoms with Crippen LogP contribution in [0, 0.1) is 22.7 Å². The zero-order valence-electron chi connectivity index (χ0n) is 10.1. The fourth-order valence-electron chi connectivity index (χ4n) is 2.69. The van der Waals surface area contributed by atoms with Crippen LogP contribution in [0.3, 0.4) is 0 Å². The minimum Gasteiger partial charge on any atom is -0.385 e. The van der Waals surface area contributed by atoms with Crippen LogP contribution in [0.2, 0.25) is 0 Å². The summed E-state index contributed by atoms with van der Waals surface area (Å²) in [6.07, 6.45) is 4.13. The molecule has 17 heavy (non-hydrogen) atoms. The fourth-order valence-corrected chi connectivity index (χ4v) is 3.26. The molecule has 1 saturated carbocycles. The Morgan fingerprint density at radius 1 is 1.65 bits per heavy atom. The van der Waals surface area contributed by atoms with Gasteiger partial charge in [0, 0.05) is 5.38 Å². The summed E-state index contributed by atoms with van der Waals surface area (Å²) in [7, 11) is 0. The summed E-state index contributed by atoms with van der Waals surface area (Å²) in [5, 5.41) is 21.6. The first-order valence-corrected chi connectivity index (χ1v) is 7.13. The Bertz CT molecular complexity index is 388. The second kappa shape index (κ2) is 5.16. The minimum atomic E-state index is -0.725. The number of nitrogens with zero attached hydrogens (tertiary/aromatic N) is 2. The molecule has 92 valence electrons. The van der Waals surface area contributed by atoms with Gasteiger partial charge in [-0.1, -0.05) is 13.3 Å². The van der Waals surface area contributed by atoms with Crippen molar-refractivity contribution >= 4 is 11.3 Å². The van der Waals surface area contributed by atoms with Crippen molar-refractivity contribution in [3.05, 3.63) is 16.6 Å². The van der Waals surface area contributed by atoms with Gasteiger partial charge in [-0.15, -0.1) is 11.3 Å². The van der Waals surface area contributed by atoms with E-state index in [9.17, 15) is 10.4 Å². The third kappa shape index (κ3) is 2.36. The molecule has 1 aromatic heterocycles. The number of thiazole rings is 1. The van der Waals surface area contributed by atoms with E-state index >= 15 is 0 Å². The Labute approximate surface area is 106 Å². The Kier molecular flexibility index (Phi) is 3.80. The van der Waals surface area contributed by atoms with Crippen molar-refractivity contribution in [1.29, 1.82) is 5.26 Å². The van der Waals surface area contributed by atoms with Gasteiger partial charge in [0.1, 0.15) is 6.10 Å². The summed E-state index contributed by atoms with van der Waals surface area (Å²) in [5.41, 5.74) is 1.76. The fraction of sp³-hybridized carbons (Fsp3) is 0.692. The van der Waals surface area contributed by atoms with Gasteiger partial charge >= 0.3 is 0 Å². The van der Waals surface area contributed by atoms with Gasteiger partial charge in [-0.3, -0.25) is 0 Å². The maximum atomic E-state index is 10.4. The third-order valence-electron chi connectivity index (χ3n) is 4.05. The molecule has 1 aliphatic carbocycles. The maximum absolute atomic E-state index is 10.4. The second-order valence-electron chi connectivity index (χ2n) is 4.94. The van der Waals surface area contributed by atoms with Crippen LogP contribution in [-0.2, 0) is 0 Å². The van der Waals surface area contributed by atoms with E-state index in [0.717, 1.165) is 31.6 Å². The average molecular weight is 250 g/mol. The van der Waals surface area contributed by atoms with Crippen molar-refractivity contribution in [2.45, 2.75) is 45.1 Å². The van der Waals surface area contributed by atoms with Crippen molar-refractivity contribution in [2.24, 2.45) is 11.3 Å². The van der Waals surface area contributed by atoms with Crippen LogP contribution in [0.15, 0.2) is 10.9 Å². The summed E-state index contributed by atoms with van der Waals surface area (Å²) in [4.78, 5) is 4.14. The van der Waals surface area contributed by atoms with E-state index in [4.69, 9.17) is 0 Å². The number of aromatic nitrogens is 1. The van der Waals surface area contributed by atoms with E-state index in [1.165, 1.54) is 17.8 Å². The van der Waals surface area contributed by atoms with Gasteiger partial charge in [-0.25, -0.2) is 4.98 Å². The number of nitriles is 1. The molecule has 0 aromatic carbocycles. The van der Waals surface area contributed by atoms with Crippen LogP contribution in [0.4, 0.5) is 0 Å². The van der Waals surface area contributed by atoms with Gasteiger partial charge < -0.3 is 5.11 Å². The highest BCUT2D eigenvalue weighted by atomic mass is 32.1. The van der Waals surface area contributed by atoms with Crippen molar-refractivity contribution in [3.8, 4) is 6.07 Å². The third-order valence-corrected chi connectivity index (χ3v) is 4.66. The SMILES string of the molecule is CCC1CCC(C#N)(C(O)c2cscn2)CC1. The van der Waals surface area contributed by atoms with Crippen molar-refractivity contribution in [3.63, 3.8) is 0 Å². The van der Waals surface area contributed by atoms with Crippen molar-refractivity contribution < 1.29 is 5.11 Å². The molecule has 1 aliphatic rings. The standard InChI is InChI=1S/C13H18N2OS/c1-2-10-3-5-13(8-14,6-4-10)12(16)11-7-17-9-15-11/h7,9-10,12,16H,2-6H2,1H3. The van der Waals surface area contributed by atoms with E-state index in [0.29, 0.717) is 5.69 Å². The number of hydrogen-bond donors (Lipinski definition) is 1. The zero-order valence-corrected chi connectivity index (χ0v) is 10.9. The lowest BCUT2D eigenvalue weighted by atomic mass is 9.67. The summed E-state index contributed by atoms with van der Waals surface area (Å²) >= 11 is 1.47. The molecule has 1 unspecified atom stereocenters. The van der Waals surface area contributed by atoms with E-state index in [-0.39, 0.29) is 0 Å². The van der Waals surface area contributed by atoms with Crippen molar-refractivity contribution in [2.75, 3.05) is 0 Å². The highest BCUT2D eigenvalue weighted by molar-refractivity contribution is 7.07. The van der Waals surface area contributed by atoms with E-state index < -0.39 is 11.5 Å². The Hall–Kier alpha value is -0.920. The highest BCUT2D eigenvalue weighted by Gasteiger charge is 2.42. The first-order chi connectivity index (χ1) is 8.22. The lowest BCUT2D eigenvalue weighted by molar-refractivity contribution is 0.0217. The van der Waals surface area contributed by atoms with Crippen LogP contribution < -0.4 is 0 Å². The van der Waals surface area contributed by atoms with Crippen LogP contribution in [0.5, 0.6) is 0 Å². The molecule has 0 aliphatic heterocycles. The average Bonchev–Trinajstić information content (AvgIpc) is 2.92. The summed E-state index contributed by atoms with van der Waals surface area (Å²) in [6.45, 7) is 2.20. The number of hydrogen-bond acceptors (Lipinski definition) is 4. The van der Waals surface area contributed by atoms with E-state index in [1.807, 2.05) is 5.38 Å². The summed E-state index contributed by atoms with van der Waals surface area (Å²) in [5.74, 6) is 0.721. The van der Waals surface area contributed by atoms with Gasteiger partial charge in [0.25, 0.3) is 0 Å². The van der Waals surface area contributed by atoms with Gasteiger partial charge in [0.15, 0.2) is 0 Å². The number of rotatable bonds is 3. The first-order valence-electron chi connectivity index (χ1n) is 6.19. The molecule has 1 N–H and O–H groups in total. The predicted molar refractivity (Wildman–Crippen MR) is 67.4 cm³/mol. The molecule has 4 heteroatoms. The molecule has 3 nitrogen and oxygen atoms in total. The molecule has 0 saturated heterocycles. The Morgan fingerprint density at radius 2 is 2.35 bits per heavy atom. The van der Waals surface area contributed by atoms with Crippen LogP contribution >= 0.6 is 11.3 Å². The van der Waals surface area contributed by atoms with Crippen LogP contribution in [0.25, 0.3) is 0 Å². The quantitative estimate of drug-likeness (QED) is 0.895. The van der Waals surface area contributed by atoms with E-state index in [1.54, 1.807) is 5.51 Å². The zero-order chi connectivity index (χ0) is 12.3. The predicted octanol–water partition coefficient (Wildman–Crippen LogP) is 3.29. The first kappa shape index (κ1) is 12.5. The molecule has 0 amide bonds. The lowest BCUT2D eigenvalue weighted by Gasteiger charge is -2.37. The minimum absolute atomic E-state index is 0.611. The topological polar surface area (TPSA) is 56.9 Å². The molecule has 0 bridgehead atoms. The number of aliphatic hydroxyl groups excluding tert-OH is 1. The molecule has 1 heterocycles. The maximum Gasteiger partial charge on any atom is 0.115 e. The Morgan fingerprint density at radius 3 is 2.82 bits per heavy atom. The molecule has 1 aromatic rings. The molecule has 1 atom stereocenters. The van der Waals surface area contributed by atoms with Crippen LogP contribution in [-0.4, -0.2) is 10.1 Å². The largest absolute Gasteiger partial charge is 0.385 e. The van der Waals surface area contributed by atoms with Gasteiger partial charge in [0.2, 0.25) is 0 Å². The monoisotopic (exact) mass is 250 g/mol. The summed E-state index contributed by atoms with van der Waals surface area (Å²) < 4.78 is 0. The smallest absolute Gasteiger partial charge is 0.115 e. The molecule has 2 rings (SSSR count). The van der Waals surface area contributed by atoms with Gasteiger partial charge in [-0.2, -0.15) is 5.26 Å². The Balaban J connectivity index is 2.14. The van der Waals surface area contributed by atoms with Crippen molar-refractivity contribution in [1.82, 2.24) is 4.98 Å². The van der Waals surface area contributed by atoms with Crippen LogP contribution in [0.1, 0.15) is 50.8 Å². The molecule has 0 spiro atoms. The van der Waals surface area contributed by atoms with Gasteiger partial charge in [0.05, 0.1) is 22.7 Å². The normalized spacial score (nSPS) is 30.8. The summed E-state index contributed by atoms with van der Waals surface area (Å²) in [6, 6.07) is 2.36. The lowest BCUT2D eigenvalue weighted by Crippen LogP contribution is -2.32. The molecule has 1 fully saturated rings. The van der Waals surface area contributed by atoms with E-state index in [2.05, 4.69) is 18.0 Å². The molecular weight excluding hydrogens is 232 g/mol. The van der Waals surface area contributed by atoms with Gasteiger partial charge in [-0.05, 0) is 31.6 Å². The number of aliphatic hydroxyl groups is 1. The highest BCUT2D eigenvalue weighted by Crippen LogP contribution is 2.47. The molecule has 0 radical (unpaired) electrons. The second-order valence-corrected chi connectivity index (χ2v) is 5.65.